The SMILES string of the molecule is Cc1cc(C)n(CC(=O)N2CCO[C@@H](CN3CCCN(C)CC3)[C@@H]2c2cnn(C)c2)n1. The highest BCUT2D eigenvalue weighted by atomic mass is 16.5. The molecule has 9 heteroatoms. The molecule has 4 heterocycles. The average molecular weight is 430 g/mol. The third-order valence-electron chi connectivity index (χ3n) is 6.38. The molecule has 0 N–H and O–H groups in total. The standard InChI is InChI=1S/C22H35N7O2/c1-17-12-18(2)29(24-17)16-21(30)28-10-11-31-20(22(28)19-13-23-26(4)14-19)15-27-7-5-6-25(3)8-9-27/h12-14,20,22H,5-11,15-16H2,1-4H3/t20-,22-/m0/s1. The largest absolute Gasteiger partial charge is 0.373 e. The van der Waals surface area contributed by atoms with Gasteiger partial charge in [-0.15, -0.1) is 0 Å². The predicted molar refractivity (Wildman–Crippen MR) is 118 cm³/mol. The molecule has 0 radical (unpaired) electrons. The van der Waals surface area contributed by atoms with Crippen LogP contribution >= 0.6 is 0 Å². The first kappa shape index (κ1) is 22.0. The molecule has 0 unspecified atom stereocenters. The van der Waals surface area contributed by atoms with Gasteiger partial charge in [-0.2, -0.15) is 10.2 Å². The second kappa shape index (κ2) is 9.50. The molecule has 0 saturated carbocycles. The number of ether oxygens (including phenoxy) is 1. The molecule has 4 rings (SSSR count). The van der Waals surface area contributed by atoms with Crippen LogP contribution in [0.25, 0.3) is 0 Å². The van der Waals surface area contributed by atoms with Gasteiger partial charge in [-0.3, -0.25) is 19.1 Å². The Morgan fingerprint density at radius 1 is 1.16 bits per heavy atom. The molecule has 0 bridgehead atoms. The van der Waals surface area contributed by atoms with Crippen LogP contribution < -0.4 is 0 Å². The maximum Gasteiger partial charge on any atom is 0.245 e. The Labute approximate surface area is 184 Å². The van der Waals surface area contributed by atoms with E-state index in [0.717, 1.165) is 56.1 Å². The van der Waals surface area contributed by atoms with E-state index >= 15 is 0 Å². The summed E-state index contributed by atoms with van der Waals surface area (Å²) in [5, 5.41) is 8.86. The monoisotopic (exact) mass is 429 g/mol. The number of hydrogen-bond acceptors (Lipinski definition) is 6. The van der Waals surface area contributed by atoms with Crippen LogP contribution in [0.4, 0.5) is 0 Å². The van der Waals surface area contributed by atoms with Crippen molar-refractivity contribution >= 4 is 5.91 Å². The van der Waals surface area contributed by atoms with E-state index in [1.54, 1.807) is 9.36 Å². The Balaban J connectivity index is 1.55. The van der Waals surface area contributed by atoms with E-state index < -0.39 is 0 Å². The van der Waals surface area contributed by atoms with Gasteiger partial charge in [-0.1, -0.05) is 0 Å². The van der Waals surface area contributed by atoms with Crippen LogP contribution in [0.2, 0.25) is 0 Å². The Bertz CT molecular complexity index is 892. The molecule has 0 aromatic carbocycles. The summed E-state index contributed by atoms with van der Waals surface area (Å²) in [6.45, 7) is 10.4. The van der Waals surface area contributed by atoms with Crippen molar-refractivity contribution in [1.82, 2.24) is 34.3 Å². The van der Waals surface area contributed by atoms with Crippen LogP contribution in [0.5, 0.6) is 0 Å². The second-order valence-electron chi connectivity index (χ2n) is 8.93. The molecular formula is C22H35N7O2. The van der Waals surface area contributed by atoms with Gasteiger partial charge in [-0.25, -0.2) is 0 Å². The fraction of sp³-hybridized carbons (Fsp3) is 0.682. The molecule has 170 valence electrons. The van der Waals surface area contributed by atoms with Gasteiger partial charge in [0.25, 0.3) is 0 Å². The molecule has 2 atom stereocenters. The van der Waals surface area contributed by atoms with Crippen LogP contribution in [-0.4, -0.2) is 99.2 Å². The lowest BCUT2D eigenvalue weighted by atomic mass is 10.00. The van der Waals surface area contributed by atoms with E-state index in [1.165, 1.54) is 0 Å². The minimum atomic E-state index is -0.145. The normalized spacial score (nSPS) is 23.8. The highest BCUT2D eigenvalue weighted by Crippen LogP contribution is 2.30. The van der Waals surface area contributed by atoms with Gasteiger partial charge < -0.3 is 14.5 Å². The summed E-state index contributed by atoms with van der Waals surface area (Å²) in [5.74, 6) is 0.0731. The van der Waals surface area contributed by atoms with Gasteiger partial charge in [-0.05, 0) is 46.5 Å². The van der Waals surface area contributed by atoms with Crippen molar-refractivity contribution in [2.75, 3.05) is 52.9 Å². The molecule has 0 spiro atoms. The minimum absolute atomic E-state index is 0.0731. The zero-order chi connectivity index (χ0) is 22.0. The van der Waals surface area contributed by atoms with Gasteiger partial charge in [0, 0.05) is 50.7 Å². The van der Waals surface area contributed by atoms with E-state index in [-0.39, 0.29) is 24.6 Å². The summed E-state index contributed by atoms with van der Waals surface area (Å²) < 4.78 is 9.87. The van der Waals surface area contributed by atoms with Crippen molar-refractivity contribution in [3.8, 4) is 0 Å². The zero-order valence-corrected chi connectivity index (χ0v) is 19.2. The number of hydrogen-bond donors (Lipinski definition) is 0. The number of rotatable bonds is 5. The van der Waals surface area contributed by atoms with Crippen molar-refractivity contribution in [3.63, 3.8) is 0 Å². The lowest BCUT2D eigenvalue weighted by molar-refractivity contribution is -0.149. The van der Waals surface area contributed by atoms with Crippen LogP contribution in [0, 0.1) is 13.8 Å². The van der Waals surface area contributed by atoms with Crippen molar-refractivity contribution in [2.24, 2.45) is 7.05 Å². The predicted octanol–water partition coefficient (Wildman–Crippen LogP) is 0.840. The van der Waals surface area contributed by atoms with Crippen LogP contribution in [0.1, 0.15) is 29.4 Å². The Hall–Kier alpha value is -2.23. The molecule has 2 aromatic heterocycles. The first-order valence-electron chi connectivity index (χ1n) is 11.2. The number of amides is 1. The van der Waals surface area contributed by atoms with Gasteiger partial charge in [0.1, 0.15) is 6.54 Å². The van der Waals surface area contributed by atoms with Crippen molar-refractivity contribution in [2.45, 2.75) is 39.0 Å². The van der Waals surface area contributed by atoms with Crippen molar-refractivity contribution in [3.05, 3.63) is 35.4 Å². The summed E-state index contributed by atoms with van der Waals surface area (Å²) in [6.07, 6.45) is 4.95. The number of aromatic nitrogens is 4. The van der Waals surface area contributed by atoms with Crippen molar-refractivity contribution < 1.29 is 9.53 Å². The van der Waals surface area contributed by atoms with E-state index in [1.807, 2.05) is 44.3 Å². The fourth-order valence-corrected chi connectivity index (χ4v) is 4.74. The second-order valence-corrected chi connectivity index (χ2v) is 8.93. The summed E-state index contributed by atoms with van der Waals surface area (Å²) in [5.41, 5.74) is 2.96. The maximum atomic E-state index is 13.4. The first-order chi connectivity index (χ1) is 14.9. The Morgan fingerprint density at radius 2 is 2.00 bits per heavy atom. The van der Waals surface area contributed by atoms with Crippen molar-refractivity contribution in [1.29, 1.82) is 0 Å². The number of morpholine rings is 1. The van der Waals surface area contributed by atoms with E-state index in [9.17, 15) is 4.79 Å². The molecule has 2 fully saturated rings. The smallest absolute Gasteiger partial charge is 0.245 e. The molecule has 2 aliphatic heterocycles. The van der Waals surface area contributed by atoms with Crippen LogP contribution in [-0.2, 0) is 23.1 Å². The topological polar surface area (TPSA) is 71.7 Å². The number of carbonyl (C=O) groups excluding carboxylic acids is 1. The highest BCUT2D eigenvalue weighted by Gasteiger charge is 2.38. The van der Waals surface area contributed by atoms with E-state index in [2.05, 4.69) is 27.0 Å². The highest BCUT2D eigenvalue weighted by molar-refractivity contribution is 5.76. The lowest BCUT2D eigenvalue weighted by Crippen LogP contribution is -2.52. The third-order valence-corrected chi connectivity index (χ3v) is 6.38. The maximum absolute atomic E-state index is 13.4. The molecule has 0 aliphatic carbocycles. The fourth-order valence-electron chi connectivity index (χ4n) is 4.74. The van der Waals surface area contributed by atoms with Crippen LogP contribution in [0.15, 0.2) is 18.5 Å². The first-order valence-corrected chi connectivity index (χ1v) is 11.2. The number of aryl methyl sites for hydroxylation is 3. The number of nitrogens with zero attached hydrogens (tertiary/aromatic N) is 7. The van der Waals surface area contributed by atoms with E-state index in [4.69, 9.17) is 4.74 Å². The van der Waals surface area contributed by atoms with Crippen LogP contribution in [0.3, 0.4) is 0 Å². The lowest BCUT2D eigenvalue weighted by Gasteiger charge is -2.42. The molecule has 1 amide bonds. The third kappa shape index (κ3) is 5.16. The Kier molecular flexibility index (Phi) is 6.74. The zero-order valence-electron chi connectivity index (χ0n) is 19.2. The van der Waals surface area contributed by atoms with Gasteiger partial charge in [0.15, 0.2) is 0 Å². The summed E-state index contributed by atoms with van der Waals surface area (Å²) >= 11 is 0. The quantitative estimate of drug-likeness (QED) is 0.702. The van der Waals surface area contributed by atoms with Gasteiger partial charge in [0.2, 0.25) is 5.91 Å². The van der Waals surface area contributed by atoms with E-state index in [0.29, 0.717) is 13.2 Å². The molecule has 2 saturated heterocycles. The number of carbonyl (C=O) groups is 1. The molecule has 2 aromatic rings. The summed E-state index contributed by atoms with van der Waals surface area (Å²) in [7, 11) is 4.09. The summed E-state index contributed by atoms with van der Waals surface area (Å²) in [4.78, 5) is 20.3. The van der Waals surface area contributed by atoms with Gasteiger partial charge >= 0.3 is 0 Å². The Morgan fingerprint density at radius 3 is 2.71 bits per heavy atom. The van der Waals surface area contributed by atoms with Gasteiger partial charge in [0.05, 0.1) is 30.6 Å². The average Bonchev–Trinajstić information content (AvgIpc) is 3.22. The molecular weight excluding hydrogens is 394 g/mol. The summed E-state index contributed by atoms with van der Waals surface area (Å²) in [6, 6.07) is 1.86. The molecule has 2 aliphatic rings. The number of likely N-dealkylation sites (N-methyl/N-ethyl adjacent to an activating group) is 1. The molecule has 31 heavy (non-hydrogen) atoms. The minimum Gasteiger partial charge on any atom is -0.373 e. The molecule has 9 nitrogen and oxygen atoms in total.